The highest BCUT2D eigenvalue weighted by Gasteiger charge is 2.07. The molecule has 0 heterocycles. The molecule has 1 aromatic carbocycles. The normalized spacial score (nSPS) is 16.0. The Morgan fingerprint density at radius 1 is 1.00 bits per heavy atom. The van der Waals surface area contributed by atoms with Crippen LogP contribution in [0, 0.1) is 13.8 Å². The van der Waals surface area contributed by atoms with E-state index in [1.165, 1.54) is 36.0 Å². The summed E-state index contributed by atoms with van der Waals surface area (Å²) in [5.74, 6) is 0. The molecule has 1 aliphatic carbocycles. The third-order valence-corrected chi connectivity index (χ3v) is 2.63. The van der Waals surface area contributed by atoms with Gasteiger partial charge in [-0.2, -0.15) is 0 Å². The van der Waals surface area contributed by atoms with Crippen molar-refractivity contribution in [2.24, 2.45) is 0 Å². The minimum Gasteiger partial charge on any atom is -0.0807 e. The third-order valence-electron chi connectivity index (χ3n) is 2.63. The molecule has 0 unspecified atom stereocenters. The first kappa shape index (κ1) is 8.55. The molecule has 68 valence electrons. The second-order valence-corrected chi connectivity index (χ2v) is 4.00. The van der Waals surface area contributed by atoms with Crippen molar-refractivity contribution >= 4 is 5.57 Å². The van der Waals surface area contributed by atoms with Crippen molar-refractivity contribution in [1.82, 2.24) is 0 Å². The Kier molecular flexibility index (Phi) is 2.22. The zero-order chi connectivity index (χ0) is 9.26. The molecule has 0 bridgehead atoms. The largest absolute Gasteiger partial charge is 0.0807 e. The van der Waals surface area contributed by atoms with Crippen LogP contribution in [0.1, 0.15) is 36.0 Å². The first-order chi connectivity index (χ1) is 6.25. The van der Waals surface area contributed by atoms with Gasteiger partial charge in [0.2, 0.25) is 0 Å². The minimum atomic E-state index is 1.27. The summed E-state index contributed by atoms with van der Waals surface area (Å²) >= 11 is 0. The fraction of sp³-hybridized carbons (Fsp3) is 0.385. The van der Waals surface area contributed by atoms with Gasteiger partial charge in [-0.1, -0.05) is 35.4 Å². The number of hydrogen-bond acceptors (Lipinski definition) is 0. The molecule has 0 aromatic heterocycles. The monoisotopic (exact) mass is 172 g/mol. The summed E-state index contributed by atoms with van der Waals surface area (Å²) in [6.07, 6.45) is 6.25. The average molecular weight is 172 g/mol. The zero-order valence-electron chi connectivity index (χ0n) is 8.43. The first-order valence-electron chi connectivity index (χ1n) is 5.03. The maximum atomic E-state index is 2.38. The summed E-state index contributed by atoms with van der Waals surface area (Å²) in [6.45, 7) is 4.35. The van der Waals surface area contributed by atoms with Crippen molar-refractivity contribution < 1.29 is 0 Å². The standard InChI is InChI=1S/C13H16/c1-10-7-11(2)9-13(8-10)12-5-3-4-6-12/h5,7-9H,3-4,6H2,1-2H3. The van der Waals surface area contributed by atoms with Crippen LogP contribution in [0.2, 0.25) is 0 Å². The van der Waals surface area contributed by atoms with E-state index < -0.39 is 0 Å². The Labute approximate surface area is 80.3 Å². The van der Waals surface area contributed by atoms with E-state index in [2.05, 4.69) is 38.1 Å². The van der Waals surface area contributed by atoms with E-state index in [1.807, 2.05) is 0 Å². The Bertz CT molecular complexity index is 325. The maximum Gasteiger partial charge on any atom is -0.0222 e. The molecule has 0 atom stereocenters. The number of hydrogen-bond donors (Lipinski definition) is 0. The van der Waals surface area contributed by atoms with E-state index in [0.29, 0.717) is 0 Å². The second kappa shape index (κ2) is 3.37. The predicted molar refractivity (Wildman–Crippen MR) is 57.7 cm³/mol. The summed E-state index contributed by atoms with van der Waals surface area (Å²) in [6, 6.07) is 6.83. The van der Waals surface area contributed by atoms with Crippen molar-refractivity contribution in [2.45, 2.75) is 33.1 Å². The van der Waals surface area contributed by atoms with Gasteiger partial charge in [0.25, 0.3) is 0 Å². The van der Waals surface area contributed by atoms with Crippen LogP contribution in [0.25, 0.3) is 5.57 Å². The van der Waals surface area contributed by atoms with E-state index in [4.69, 9.17) is 0 Å². The number of aryl methyl sites for hydroxylation is 2. The molecule has 0 aliphatic heterocycles. The van der Waals surface area contributed by atoms with E-state index >= 15 is 0 Å². The lowest BCUT2D eigenvalue weighted by Crippen LogP contribution is -1.84. The Hall–Kier alpha value is -1.04. The molecule has 0 radical (unpaired) electrons. The predicted octanol–water partition coefficient (Wildman–Crippen LogP) is 3.87. The van der Waals surface area contributed by atoms with Crippen molar-refractivity contribution in [3.63, 3.8) is 0 Å². The zero-order valence-corrected chi connectivity index (χ0v) is 8.43. The molecular formula is C13H16. The maximum absolute atomic E-state index is 2.38. The molecule has 1 aromatic rings. The van der Waals surface area contributed by atoms with Crippen LogP contribution in [0.4, 0.5) is 0 Å². The van der Waals surface area contributed by atoms with Gasteiger partial charge in [-0.05, 0) is 44.2 Å². The first-order valence-corrected chi connectivity index (χ1v) is 5.03. The smallest absolute Gasteiger partial charge is 0.0222 e. The SMILES string of the molecule is Cc1cc(C)cc(C2=CCCC2)c1. The van der Waals surface area contributed by atoms with Gasteiger partial charge in [-0.3, -0.25) is 0 Å². The van der Waals surface area contributed by atoms with Crippen LogP contribution in [-0.2, 0) is 0 Å². The molecular weight excluding hydrogens is 156 g/mol. The fourth-order valence-corrected chi connectivity index (χ4v) is 2.09. The van der Waals surface area contributed by atoms with Crippen LogP contribution in [0.15, 0.2) is 24.3 Å². The average Bonchev–Trinajstić information content (AvgIpc) is 2.53. The van der Waals surface area contributed by atoms with Crippen LogP contribution in [0.5, 0.6) is 0 Å². The molecule has 0 N–H and O–H groups in total. The van der Waals surface area contributed by atoms with Gasteiger partial charge < -0.3 is 0 Å². The summed E-state index contributed by atoms with van der Waals surface area (Å²) < 4.78 is 0. The highest BCUT2D eigenvalue weighted by Crippen LogP contribution is 2.28. The van der Waals surface area contributed by atoms with Gasteiger partial charge in [0.05, 0.1) is 0 Å². The van der Waals surface area contributed by atoms with E-state index in [9.17, 15) is 0 Å². The van der Waals surface area contributed by atoms with Crippen molar-refractivity contribution in [1.29, 1.82) is 0 Å². The van der Waals surface area contributed by atoms with E-state index in [-0.39, 0.29) is 0 Å². The van der Waals surface area contributed by atoms with Gasteiger partial charge in [0.1, 0.15) is 0 Å². The number of rotatable bonds is 1. The third kappa shape index (κ3) is 1.82. The molecule has 0 spiro atoms. The Balaban J connectivity index is 2.39. The van der Waals surface area contributed by atoms with Gasteiger partial charge in [-0.25, -0.2) is 0 Å². The number of benzene rings is 1. The van der Waals surface area contributed by atoms with Crippen molar-refractivity contribution in [3.05, 3.63) is 41.0 Å². The second-order valence-electron chi connectivity index (χ2n) is 4.00. The van der Waals surface area contributed by atoms with Crippen LogP contribution < -0.4 is 0 Å². The quantitative estimate of drug-likeness (QED) is 0.603. The molecule has 0 amide bonds. The van der Waals surface area contributed by atoms with Crippen LogP contribution in [0.3, 0.4) is 0 Å². The molecule has 1 aliphatic rings. The molecule has 0 fully saturated rings. The van der Waals surface area contributed by atoms with Gasteiger partial charge >= 0.3 is 0 Å². The molecule has 2 rings (SSSR count). The molecule has 13 heavy (non-hydrogen) atoms. The molecule has 0 heteroatoms. The van der Waals surface area contributed by atoms with Crippen molar-refractivity contribution in [3.8, 4) is 0 Å². The minimum absolute atomic E-state index is 1.27. The topological polar surface area (TPSA) is 0 Å². The summed E-state index contributed by atoms with van der Waals surface area (Å²) in [5, 5.41) is 0. The van der Waals surface area contributed by atoms with Gasteiger partial charge in [0.15, 0.2) is 0 Å². The van der Waals surface area contributed by atoms with Crippen molar-refractivity contribution in [2.75, 3.05) is 0 Å². The highest BCUT2D eigenvalue weighted by atomic mass is 14.1. The lowest BCUT2D eigenvalue weighted by molar-refractivity contribution is 0.935. The van der Waals surface area contributed by atoms with E-state index in [0.717, 1.165) is 0 Å². The van der Waals surface area contributed by atoms with E-state index in [1.54, 1.807) is 5.57 Å². The summed E-state index contributed by atoms with van der Waals surface area (Å²) in [7, 11) is 0. The number of allylic oxidation sites excluding steroid dienone is 2. The summed E-state index contributed by atoms with van der Waals surface area (Å²) in [4.78, 5) is 0. The molecule has 0 nitrogen and oxygen atoms in total. The fourth-order valence-electron chi connectivity index (χ4n) is 2.09. The lowest BCUT2D eigenvalue weighted by Gasteiger charge is -2.05. The van der Waals surface area contributed by atoms with Gasteiger partial charge in [0, 0.05) is 0 Å². The highest BCUT2D eigenvalue weighted by molar-refractivity contribution is 5.68. The van der Waals surface area contributed by atoms with Crippen LogP contribution in [-0.4, -0.2) is 0 Å². The van der Waals surface area contributed by atoms with Crippen LogP contribution >= 0.6 is 0 Å². The Morgan fingerprint density at radius 2 is 1.69 bits per heavy atom. The van der Waals surface area contributed by atoms with Gasteiger partial charge in [-0.15, -0.1) is 0 Å². The molecule has 0 saturated carbocycles. The summed E-state index contributed by atoms with van der Waals surface area (Å²) in [5.41, 5.74) is 5.74. The molecule has 0 saturated heterocycles. The lowest BCUT2D eigenvalue weighted by atomic mass is 10.0. The Morgan fingerprint density at radius 3 is 2.23 bits per heavy atom.